The van der Waals surface area contributed by atoms with Gasteiger partial charge in [-0.25, -0.2) is 4.79 Å². The van der Waals surface area contributed by atoms with Crippen molar-refractivity contribution in [3.8, 4) is 0 Å². The molecule has 0 bridgehead atoms. The van der Waals surface area contributed by atoms with Gasteiger partial charge in [0.25, 0.3) is 0 Å². The number of amides is 1. The first-order valence-electron chi connectivity index (χ1n) is 7.79. The maximum Gasteiger partial charge on any atom is 0.410 e. The SMILES string of the molecule is CCCCC(C)(C)OC(=O)N1CCC(=CC(=N)SC=N)CC1. The molecular formula is C16H27N3O2S. The van der Waals surface area contributed by atoms with Gasteiger partial charge in [-0.05, 0) is 45.6 Å². The fourth-order valence-electron chi connectivity index (χ4n) is 2.36. The maximum atomic E-state index is 12.2. The van der Waals surface area contributed by atoms with Crippen molar-refractivity contribution in [2.75, 3.05) is 13.1 Å². The Bertz CT molecular complexity index is 437. The molecule has 1 rings (SSSR count). The average Bonchev–Trinajstić information content (AvgIpc) is 2.45. The van der Waals surface area contributed by atoms with Crippen LogP contribution in [0.3, 0.4) is 0 Å². The van der Waals surface area contributed by atoms with Crippen molar-refractivity contribution in [1.82, 2.24) is 4.90 Å². The zero-order valence-electron chi connectivity index (χ0n) is 13.8. The lowest BCUT2D eigenvalue weighted by Gasteiger charge is -2.32. The highest BCUT2D eigenvalue weighted by molar-refractivity contribution is 8.25. The number of carbonyl (C=O) groups is 1. The van der Waals surface area contributed by atoms with Gasteiger partial charge in [-0.2, -0.15) is 0 Å². The molecule has 0 aromatic heterocycles. The van der Waals surface area contributed by atoms with Gasteiger partial charge in [0.05, 0.1) is 10.6 Å². The molecule has 1 aliphatic heterocycles. The number of unbranched alkanes of at least 4 members (excludes halogenated alkanes) is 1. The summed E-state index contributed by atoms with van der Waals surface area (Å²) >= 11 is 1.09. The lowest BCUT2D eigenvalue weighted by Crippen LogP contribution is -2.41. The molecule has 0 atom stereocenters. The third-order valence-electron chi connectivity index (χ3n) is 3.68. The van der Waals surface area contributed by atoms with Crippen LogP contribution in [-0.2, 0) is 4.74 Å². The minimum atomic E-state index is -0.411. The fraction of sp³-hybridized carbons (Fsp3) is 0.688. The Labute approximate surface area is 137 Å². The molecule has 2 N–H and O–H groups in total. The van der Waals surface area contributed by atoms with Crippen LogP contribution in [0.1, 0.15) is 52.9 Å². The van der Waals surface area contributed by atoms with E-state index in [1.807, 2.05) is 19.9 Å². The van der Waals surface area contributed by atoms with Gasteiger partial charge < -0.3 is 15.0 Å². The second kappa shape index (κ2) is 8.98. The Morgan fingerprint density at radius 1 is 1.41 bits per heavy atom. The molecule has 6 heteroatoms. The highest BCUT2D eigenvalue weighted by Gasteiger charge is 2.27. The summed E-state index contributed by atoms with van der Waals surface area (Å²) in [6, 6.07) is 0. The van der Waals surface area contributed by atoms with Gasteiger partial charge in [-0.3, -0.25) is 5.41 Å². The van der Waals surface area contributed by atoms with E-state index in [2.05, 4.69) is 6.92 Å². The van der Waals surface area contributed by atoms with Crippen LogP contribution in [0.2, 0.25) is 0 Å². The third kappa shape index (κ3) is 6.64. The smallest absolute Gasteiger partial charge is 0.410 e. The second-order valence-electron chi connectivity index (χ2n) is 6.12. The van der Waals surface area contributed by atoms with Crippen LogP contribution in [0, 0.1) is 10.8 Å². The number of likely N-dealkylation sites (tertiary alicyclic amines) is 1. The van der Waals surface area contributed by atoms with Crippen LogP contribution in [0.15, 0.2) is 11.6 Å². The quantitative estimate of drug-likeness (QED) is 0.560. The van der Waals surface area contributed by atoms with Crippen LogP contribution < -0.4 is 0 Å². The molecule has 1 fully saturated rings. The Kier molecular flexibility index (Phi) is 7.65. The summed E-state index contributed by atoms with van der Waals surface area (Å²) in [5.41, 5.74) is 1.91. The lowest BCUT2D eigenvalue weighted by molar-refractivity contribution is 0.00617. The molecule has 22 heavy (non-hydrogen) atoms. The molecule has 0 aromatic rings. The second-order valence-corrected chi connectivity index (χ2v) is 7.03. The fourth-order valence-corrected chi connectivity index (χ4v) is 2.72. The summed E-state index contributed by atoms with van der Waals surface area (Å²) in [7, 11) is 0. The lowest BCUT2D eigenvalue weighted by atomic mass is 10.0. The number of rotatable bonds is 6. The number of ether oxygens (including phenoxy) is 1. The van der Waals surface area contributed by atoms with Gasteiger partial charge in [0.2, 0.25) is 0 Å². The molecule has 1 aliphatic rings. The van der Waals surface area contributed by atoms with Crippen LogP contribution in [0.25, 0.3) is 0 Å². The first-order valence-corrected chi connectivity index (χ1v) is 8.67. The number of hydrogen-bond donors (Lipinski definition) is 2. The van der Waals surface area contributed by atoms with E-state index in [0.717, 1.165) is 55.0 Å². The van der Waals surface area contributed by atoms with Gasteiger partial charge in [-0.15, -0.1) is 0 Å². The van der Waals surface area contributed by atoms with Crippen molar-refractivity contribution >= 4 is 28.4 Å². The molecule has 124 valence electrons. The zero-order chi connectivity index (χ0) is 16.6. The molecule has 1 heterocycles. The van der Waals surface area contributed by atoms with Crippen molar-refractivity contribution in [3.63, 3.8) is 0 Å². The number of piperidine rings is 1. The summed E-state index contributed by atoms with van der Waals surface area (Å²) in [4.78, 5) is 14.0. The van der Waals surface area contributed by atoms with E-state index in [9.17, 15) is 4.79 Å². The maximum absolute atomic E-state index is 12.2. The van der Waals surface area contributed by atoms with Crippen LogP contribution in [0.5, 0.6) is 0 Å². The normalized spacial score (nSPS) is 15.4. The predicted molar refractivity (Wildman–Crippen MR) is 93.1 cm³/mol. The first kappa shape index (κ1) is 18.7. The predicted octanol–water partition coefficient (Wildman–Crippen LogP) is 4.43. The molecule has 0 unspecified atom stereocenters. The summed E-state index contributed by atoms with van der Waals surface area (Å²) in [5, 5.41) is 15.0. The zero-order valence-corrected chi connectivity index (χ0v) is 14.6. The van der Waals surface area contributed by atoms with E-state index < -0.39 is 5.60 Å². The number of nitrogens with zero attached hydrogens (tertiary/aromatic N) is 1. The Hall–Kier alpha value is -1.30. The van der Waals surface area contributed by atoms with Gasteiger partial charge in [0.15, 0.2) is 0 Å². The largest absolute Gasteiger partial charge is 0.443 e. The van der Waals surface area contributed by atoms with Crippen molar-refractivity contribution in [2.24, 2.45) is 0 Å². The standard InChI is InChI=1S/C16H27N3O2S/c1-4-5-8-16(2,3)21-15(20)19-9-6-13(7-10-19)11-14(18)22-12-17/h11-12,17-18H,4-10H2,1-3H3. The van der Waals surface area contributed by atoms with E-state index in [1.165, 1.54) is 0 Å². The van der Waals surface area contributed by atoms with Crippen molar-refractivity contribution in [2.45, 2.75) is 58.5 Å². The summed E-state index contributed by atoms with van der Waals surface area (Å²) in [6.45, 7) is 7.33. The van der Waals surface area contributed by atoms with E-state index in [4.69, 9.17) is 15.6 Å². The Morgan fingerprint density at radius 2 is 2.05 bits per heavy atom. The number of nitrogens with one attached hydrogen (secondary N) is 2. The number of thioether (sulfide) groups is 1. The van der Waals surface area contributed by atoms with Crippen LogP contribution in [-0.4, -0.2) is 40.3 Å². The summed E-state index contributed by atoms with van der Waals surface area (Å²) < 4.78 is 5.63. The number of carbonyl (C=O) groups excluding carboxylic acids is 1. The molecule has 0 saturated carbocycles. The van der Waals surface area contributed by atoms with E-state index >= 15 is 0 Å². The van der Waals surface area contributed by atoms with Gasteiger partial charge in [0.1, 0.15) is 5.60 Å². The van der Waals surface area contributed by atoms with Gasteiger partial charge in [-0.1, -0.05) is 30.7 Å². The molecule has 0 aliphatic carbocycles. The Balaban J connectivity index is 2.45. The van der Waals surface area contributed by atoms with E-state index in [0.29, 0.717) is 18.1 Å². The van der Waals surface area contributed by atoms with Crippen molar-refractivity contribution in [1.29, 1.82) is 10.8 Å². The monoisotopic (exact) mass is 325 g/mol. The van der Waals surface area contributed by atoms with Crippen molar-refractivity contribution in [3.05, 3.63) is 11.6 Å². The topological polar surface area (TPSA) is 77.2 Å². The van der Waals surface area contributed by atoms with Gasteiger partial charge in [0, 0.05) is 13.1 Å². The molecule has 0 radical (unpaired) electrons. The Morgan fingerprint density at radius 3 is 2.59 bits per heavy atom. The summed E-state index contributed by atoms with van der Waals surface area (Å²) in [6.07, 6.45) is 6.15. The first-order chi connectivity index (χ1) is 10.4. The highest BCUT2D eigenvalue weighted by Crippen LogP contribution is 2.22. The molecular weight excluding hydrogens is 298 g/mol. The van der Waals surface area contributed by atoms with Crippen molar-refractivity contribution < 1.29 is 9.53 Å². The van der Waals surface area contributed by atoms with Crippen LogP contribution >= 0.6 is 11.8 Å². The highest BCUT2D eigenvalue weighted by atomic mass is 32.2. The molecule has 1 saturated heterocycles. The average molecular weight is 325 g/mol. The summed E-state index contributed by atoms with van der Waals surface area (Å²) in [5.74, 6) is 0. The van der Waals surface area contributed by atoms with E-state index in [1.54, 1.807) is 4.90 Å². The van der Waals surface area contributed by atoms with E-state index in [-0.39, 0.29) is 6.09 Å². The van der Waals surface area contributed by atoms with Gasteiger partial charge >= 0.3 is 6.09 Å². The molecule has 0 aromatic carbocycles. The van der Waals surface area contributed by atoms with Crippen LogP contribution in [0.4, 0.5) is 4.79 Å². The molecule has 5 nitrogen and oxygen atoms in total. The minimum Gasteiger partial charge on any atom is -0.443 e. The number of hydrogen-bond acceptors (Lipinski definition) is 5. The third-order valence-corrected chi connectivity index (χ3v) is 4.17. The molecule has 0 spiro atoms. The molecule has 1 amide bonds. The minimum absolute atomic E-state index is 0.232.